The van der Waals surface area contributed by atoms with Gasteiger partial charge in [-0.2, -0.15) is 5.26 Å². The molecule has 2 heterocycles. The Kier molecular flexibility index (Phi) is 3.37. The molecule has 82 valence electrons. The Balaban J connectivity index is 2.40. The van der Waals surface area contributed by atoms with Gasteiger partial charge in [-0.25, -0.2) is 4.98 Å². The highest BCUT2D eigenvalue weighted by atomic mass is 32.1. The maximum Gasteiger partial charge on any atom is 0.133 e. The molecule has 0 aliphatic rings. The monoisotopic (exact) mass is 248 g/mol. The summed E-state index contributed by atoms with van der Waals surface area (Å²) in [5, 5.41) is 12.2. The number of aromatic nitrogens is 1. The topological polar surface area (TPSA) is 36.7 Å². The molecule has 0 radical (unpaired) electrons. The van der Waals surface area contributed by atoms with Crippen molar-refractivity contribution in [3.05, 3.63) is 28.1 Å². The molecule has 0 N–H and O–H groups in total. The zero-order chi connectivity index (χ0) is 11.5. The SMILES string of the molecule is CCC(C#N)c1sc(-c2cccs2)nc1C. The predicted octanol–water partition coefficient (Wildman–Crippen LogP) is 4.20. The normalized spacial score (nSPS) is 12.3. The van der Waals surface area contributed by atoms with E-state index >= 15 is 0 Å². The van der Waals surface area contributed by atoms with E-state index in [1.54, 1.807) is 22.7 Å². The third-order valence-electron chi connectivity index (χ3n) is 2.45. The first-order valence-electron chi connectivity index (χ1n) is 5.17. The molecule has 0 saturated carbocycles. The number of thiazole rings is 1. The standard InChI is InChI=1S/C12H12N2S2/c1-3-9(7-13)11-8(2)14-12(16-11)10-5-4-6-15-10/h4-6,9H,3H2,1-2H3. The second-order valence-corrected chi connectivity index (χ2v) is 5.51. The van der Waals surface area contributed by atoms with Gasteiger partial charge in [0.2, 0.25) is 0 Å². The Morgan fingerprint density at radius 1 is 1.56 bits per heavy atom. The van der Waals surface area contributed by atoms with Gasteiger partial charge < -0.3 is 0 Å². The van der Waals surface area contributed by atoms with Crippen molar-refractivity contribution < 1.29 is 0 Å². The molecule has 2 aromatic heterocycles. The summed E-state index contributed by atoms with van der Waals surface area (Å²) < 4.78 is 0. The number of nitriles is 1. The van der Waals surface area contributed by atoms with E-state index < -0.39 is 0 Å². The summed E-state index contributed by atoms with van der Waals surface area (Å²) in [6.07, 6.45) is 0.851. The maximum atomic E-state index is 9.08. The van der Waals surface area contributed by atoms with Crippen LogP contribution in [0.3, 0.4) is 0 Å². The Morgan fingerprint density at radius 2 is 2.38 bits per heavy atom. The van der Waals surface area contributed by atoms with E-state index in [4.69, 9.17) is 5.26 Å². The van der Waals surface area contributed by atoms with Crippen LogP contribution in [0.1, 0.15) is 29.8 Å². The highest BCUT2D eigenvalue weighted by Gasteiger charge is 2.17. The molecule has 1 atom stereocenters. The van der Waals surface area contributed by atoms with Crippen LogP contribution in [-0.2, 0) is 0 Å². The van der Waals surface area contributed by atoms with E-state index in [9.17, 15) is 0 Å². The van der Waals surface area contributed by atoms with Gasteiger partial charge in [-0.05, 0) is 24.8 Å². The number of hydrogen-bond acceptors (Lipinski definition) is 4. The fraction of sp³-hybridized carbons (Fsp3) is 0.333. The van der Waals surface area contributed by atoms with Gasteiger partial charge in [-0.3, -0.25) is 0 Å². The minimum Gasteiger partial charge on any atom is -0.240 e. The zero-order valence-corrected chi connectivity index (χ0v) is 10.9. The molecule has 2 rings (SSSR count). The van der Waals surface area contributed by atoms with Crippen molar-refractivity contribution in [1.29, 1.82) is 5.26 Å². The van der Waals surface area contributed by atoms with Crippen LogP contribution in [0.4, 0.5) is 0 Å². The van der Waals surface area contributed by atoms with Crippen molar-refractivity contribution in [2.45, 2.75) is 26.2 Å². The van der Waals surface area contributed by atoms with Gasteiger partial charge in [0.05, 0.1) is 22.6 Å². The van der Waals surface area contributed by atoms with Crippen LogP contribution in [0.15, 0.2) is 17.5 Å². The molecule has 0 saturated heterocycles. The lowest BCUT2D eigenvalue weighted by Gasteiger charge is -2.01. The summed E-state index contributed by atoms with van der Waals surface area (Å²) in [7, 11) is 0. The molecule has 4 heteroatoms. The molecule has 0 amide bonds. The number of rotatable bonds is 3. The molecule has 2 aromatic rings. The minimum absolute atomic E-state index is 0.00814. The Labute approximate surface area is 103 Å². The lowest BCUT2D eigenvalue weighted by molar-refractivity contribution is 0.824. The largest absolute Gasteiger partial charge is 0.240 e. The molecule has 2 nitrogen and oxygen atoms in total. The maximum absolute atomic E-state index is 9.08. The second-order valence-electron chi connectivity index (χ2n) is 3.54. The molecular formula is C12H12N2S2. The predicted molar refractivity (Wildman–Crippen MR) is 68.8 cm³/mol. The first-order chi connectivity index (χ1) is 7.76. The lowest BCUT2D eigenvalue weighted by atomic mass is 10.1. The summed E-state index contributed by atoms with van der Waals surface area (Å²) >= 11 is 3.34. The van der Waals surface area contributed by atoms with E-state index in [1.807, 2.05) is 25.3 Å². The van der Waals surface area contributed by atoms with Gasteiger partial charge in [0.1, 0.15) is 5.01 Å². The molecule has 0 aliphatic heterocycles. The summed E-state index contributed by atoms with van der Waals surface area (Å²) in [6, 6.07) is 6.44. The van der Waals surface area contributed by atoms with E-state index in [-0.39, 0.29) is 5.92 Å². The summed E-state index contributed by atoms with van der Waals surface area (Å²) in [5.41, 5.74) is 1.00. The van der Waals surface area contributed by atoms with Crippen molar-refractivity contribution in [3.63, 3.8) is 0 Å². The molecule has 0 spiro atoms. The fourth-order valence-corrected chi connectivity index (χ4v) is 3.56. The summed E-state index contributed by atoms with van der Waals surface area (Å²) in [6.45, 7) is 4.03. The van der Waals surface area contributed by atoms with E-state index in [0.717, 1.165) is 22.0 Å². The number of aryl methyl sites for hydroxylation is 1. The quantitative estimate of drug-likeness (QED) is 0.816. The number of thiophene rings is 1. The van der Waals surface area contributed by atoms with Crippen molar-refractivity contribution in [2.24, 2.45) is 0 Å². The Bertz CT molecular complexity index is 506. The average Bonchev–Trinajstić information content (AvgIpc) is 2.90. The summed E-state index contributed by atoms with van der Waals surface area (Å²) in [5.74, 6) is -0.00814. The molecule has 0 fully saturated rings. The highest BCUT2D eigenvalue weighted by molar-refractivity contribution is 7.21. The van der Waals surface area contributed by atoms with Gasteiger partial charge in [-0.15, -0.1) is 22.7 Å². The van der Waals surface area contributed by atoms with Crippen LogP contribution < -0.4 is 0 Å². The third kappa shape index (κ3) is 2.01. The highest BCUT2D eigenvalue weighted by Crippen LogP contribution is 2.35. The van der Waals surface area contributed by atoms with Crippen LogP contribution in [0.25, 0.3) is 9.88 Å². The van der Waals surface area contributed by atoms with Gasteiger partial charge in [-0.1, -0.05) is 13.0 Å². The van der Waals surface area contributed by atoms with Crippen LogP contribution in [0.5, 0.6) is 0 Å². The smallest absolute Gasteiger partial charge is 0.133 e. The fourth-order valence-electron chi connectivity index (χ4n) is 1.57. The number of nitrogens with zero attached hydrogens (tertiary/aromatic N) is 2. The van der Waals surface area contributed by atoms with E-state index in [0.29, 0.717) is 0 Å². The first-order valence-corrected chi connectivity index (χ1v) is 6.86. The lowest BCUT2D eigenvalue weighted by Crippen LogP contribution is -1.92. The van der Waals surface area contributed by atoms with Crippen molar-refractivity contribution in [1.82, 2.24) is 4.98 Å². The molecule has 0 aromatic carbocycles. The van der Waals surface area contributed by atoms with E-state index in [2.05, 4.69) is 17.1 Å². The van der Waals surface area contributed by atoms with Crippen molar-refractivity contribution >= 4 is 22.7 Å². The van der Waals surface area contributed by atoms with Crippen LogP contribution in [0.2, 0.25) is 0 Å². The van der Waals surface area contributed by atoms with Gasteiger partial charge in [0, 0.05) is 4.88 Å². The van der Waals surface area contributed by atoms with E-state index in [1.165, 1.54) is 4.88 Å². The summed E-state index contributed by atoms with van der Waals surface area (Å²) in [4.78, 5) is 6.85. The van der Waals surface area contributed by atoms with Crippen LogP contribution in [0, 0.1) is 18.3 Å². The molecule has 16 heavy (non-hydrogen) atoms. The van der Waals surface area contributed by atoms with Gasteiger partial charge in [0.15, 0.2) is 0 Å². The minimum atomic E-state index is -0.00814. The van der Waals surface area contributed by atoms with Crippen molar-refractivity contribution in [2.75, 3.05) is 0 Å². The number of hydrogen-bond donors (Lipinski definition) is 0. The third-order valence-corrected chi connectivity index (χ3v) is 4.76. The molecule has 1 unspecified atom stereocenters. The molecule has 0 aliphatic carbocycles. The second kappa shape index (κ2) is 4.77. The Hall–Kier alpha value is -1.18. The van der Waals surface area contributed by atoms with Crippen molar-refractivity contribution in [3.8, 4) is 16.0 Å². The zero-order valence-electron chi connectivity index (χ0n) is 9.23. The van der Waals surface area contributed by atoms with Gasteiger partial charge >= 0.3 is 0 Å². The van der Waals surface area contributed by atoms with Gasteiger partial charge in [0.25, 0.3) is 0 Å². The molecular weight excluding hydrogens is 236 g/mol. The average molecular weight is 248 g/mol. The van der Waals surface area contributed by atoms with Crippen LogP contribution >= 0.6 is 22.7 Å². The van der Waals surface area contributed by atoms with Crippen LogP contribution in [-0.4, -0.2) is 4.98 Å². The first kappa shape index (κ1) is 11.3. The molecule has 0 bridgehead atoms. The Morgan fingerprint density at radius 3 is 2.94 bits per heavy atom.